The Morgan fingerprint density at radius 1 is 1.21 bits per heavy atom. The molecule has 0 aromatic rings. The van der Waals surface area contributed by atoms with E-state index in [1.54, 1.807) is 13.8 Å². The van der Waals surface area contributed by atoms with Gasteiger partial charge in [-0.3, -0.25) is 0 Å². The topological polar surface area (TPSA) is 78.6 Å². The first-order valence-corrected chi connectivity index (χ1v) is 4.66. The van der Waals surface area contributed by atoms with E-state index in [0.29, 0.717) is 6.42 Å². The summed E-state index contributed by atoms with van der Waals surface area (Å²) in [5, 5.41) is 0. The van der Waals surface area contributed by atoms with Crippen molar-refractivity contribution in [1.29, 1.82) is 0 Å². The van der Waals surface area contributed by atoms with Crippen LogP contribution in [0.2, 0.25) is 0 Å². The number of hydrogen-bond acceptors (Lipinski definition) is 5. The van der Waals surface area contributed by atoms with Crippen LogP contribution in [0.15, 0.2) is 0 Å². The predicted octanol–water partition coefficient (Wildman–Crippen LogP) is 0.771. The van der Waals surface area contributed by atoms with Gasteiger partial charge in [-0.25, -0.2) is 19.4 Å². The number of rotatable bonds is 4. The van der Waals surface area contributed by atoms with E-state index in [1.165, 1.54) is 0 Å². The van der Waals surface area contributed by atoms with Crippen LogP contribution in [0.1, 0.15) is 33.6 Å². The third-order valence-corrected chi connectivity index (χ3v) is 1.58. The van der Waals surface area contributed by atoms with Crippen molar-refractivity contribution < 1.29 is 19.4 Å². The highest BCUT2D eigenvalue weighted by Crippen LogP contribution is 2.00. The molecule has 0 saturated heterocycles. The maximum atomic E-state index is 11.0. The average Bonchev–Trinajstić information content (AvgIpc) is 2.13. The lowest BCUT2D eigenvalue weighted by atomic mass is 10.2. The van der Waals surface area contributed by atoms with Crippen LogP contribution in [0.3, 0.4) is 0 Å². The largest absolute Gasteiger partial charge is 0.372 e. The van der Waals surface area contributed by atoms with Gasteiger partial charge in [0.2, 0.25) is 0 Å². The Morgan fingerprint density at radius 2 is 1.71 bits per heavy atom. The molecule has 0 rings (SSSR count). The van der Waals surface area contributed by atoms with Crippen LogP contribution in [0, 0.1) is 5.92 Å². The second-order valence-electron chi connectivity index (χ2n) is 3.35. The van der Waals surface area contributed by atoms with E-state index in [2.05, 4.69) is 9.78 Å². The van der Waals surface area contributed by atoms with E-state index in [9.17, 15) is 9.59 Å². The van der Waals surface area contributed by atoms with Gasteiger partial charge in [-0.1, -0.05) is 27.2 Å². The molecule has 0 bridgehead atoms. The minimum absolute atomic E-state index is 0.329. The summed E-state index contributed by atoms with van der Waals surface area (Å²) in [7, 11) is 0. The Balaban J connectivity index is 3.79. The zero-order chi connectivity index (χ0) is 11.1. The van der Waals surface area contributed by atoms with Crippen LogP contribution >= 0.6 is 0 Å². The summed E-state index contributed by atoms with van der Waals surface area (Å²) in [6.45, 7) is 5.18. The molecule has 5 heteroatoms. The van der Waals surface area contributed by atoms with Gasteiger partial charge in [-0.05, 0) is 6.42 Å². The minimum atomic E-state index is -0.722. The lowest BCUT2D eigenvalue weighted by molar-refractivity contribution is -0.262. The van der Waals surface area contributed by atoms with Gasteiger partial charge in [0.15, 0.2) is 0 Å². The normalized spacial score (nSPS) is 12.4. The molecular weight excluding hydrogens is 186 g/mol. The van der Waals surface area contributed by atoms with Crippen molar-refractivity contribution in [2.24, 2.45) is 11.7 Å². The van der Waals surface area contributed by atoms with E-state index in [-0.39, 0.29) is 5.92 Å². The summed E-state index contributed by atoms with van der Waals surface area (Å²) in [6, 6.07) is -0.722. The van der Waals surface area contributed by atoms with Gasteiger partial charge >= 0.3 is 11.9 Å². The van der Waals surface area contributed by atoms with Gasteiger partial charge in [0.1, 0.15) is 6.04 Å². The molecule has 0 aliphatic carbocycles. The average molecular weight is 203 g/mol. The fraction of sp³-hybridized carbons (Fsp3) is 0.778. The maximum Gasteiger partial charge on any atom is 0.372 e. The Labute approximate surface area is 83.5 Å². The zero-order valence-corrected chi connectivity index (χ0v) is 8.78. The van der Waals surface area contributed by atoms with Crippen LogP contribution in [-0.2, 0) is 19.4 Å². The third kappa shape index (κ3) is 4.81. The van der Waals surface area contributed by atoms with Crippen LogP contribution in [0.4, 0.5) is 0 Å². The summed E-state index contributed by atoms with van der Waals surface area (Å²) >= 11 is 0. The highest BCUT2D eigenvalue weighted by molar-refractivity contribution is 5.77. The second-order valence-corrected chi connectivity index (χ2v) is 3.35. The molecule has 0 heterocycles. The number of carbonyl (C=O) groups is 2. The van der Waals surface area contributed by atoms with Crippen LogP contribution in [0.5, 0.6) is 0 Å². The molecule has 1 unspecified atom stereocenters. The third-order valence-electron chi connectivity index (χ3n) is 1.58. The minimum Gasteiger partial charge on any atom is -0.318 e. The summed E-state index contributed by atoms with van der Waals surface area (Å²) in [5.74, 6) is -1.62. The SMILES string of the molecule is CCCC(N)C(=O)OOC(=O)C(C)C. The molecule has 82 valence electrons. The van der Waals surface area contributed by atoms with Crippen molar-refractivity contribution >= 4 is 11.9 Å². The first-order valence-electron chi connectivity index (χ1n) is 4.66. The summed E-state index contributed by atoms with van der Waals surface area (Å²) in [4.78, 5) is 30.5. The zero-order valence-electron chi connectivity index (χ0n) is 8.78. The first kappa shape index (κ1) is 12.9. The Bertz CT molecular complexity index is 203. The van der Waals surface area contributed by atoms with Gasteiger partial charge in [0.25, 0.3) is 0 Å². The van der Waals surface area contributed by atoms with E-state index >= 15 is 0 Å². The monoisotopic (exact) mass is 203 g/mol. The maximum absolute atomic E-state index is 11.0. The first-order chi connectivity index (χ1) is 6.49. The van der Waals surface area contributed by atoms with Gasteiger partial charge in [0, 0.05) is 0 Å². The van der Waals surface area contributed by atoms with E-state index < -0.39 is 18.0 Å². The number of hydrogen-bond donors (Lipinski definition) is 1. The van der Waals surface area contributed by atoms with Crippen LogP contribution in [0.25, 0.3) is 0 Å². The van der Waals surface area contributed by atoms with E-state index in [1.807, 2.05) is 6.92 Å². The molecule has 0 fully saturated rings. The summed E-state index contributed by atoms with van der Waals surface area (Å²) in [6.07, 6.45) is 1.28. The van der Waals surface area contributed by atoms with Crippen molar-refractivity contribution in [2.45, 2.75) is 39.7 Å². The molecule has 0 saturated carbocycles. The molecule has 14 heavy (non-hydrogen) atoms. The van der Waals surface area contributed by atoms with E-state index in [4.69, 9.17) is 5.73 Å². The molecule has 1 atom stereocenters. The molecule has 0 aromatic heterocycles. The Hall–Kier alpha value is -1.10. The van der Waals surface area contributed by atoms with Crippen molar-refractivity contribution in [3.63, 3.8) is 0 Å². The van der Waals surface area contributed by atoms with Gasteiger partial charge in [-0.15, -0.1) is 0 Å². The highest BCUT2D eigenvalue weighted by atomic mass is 17.2. The van der Waals surface area contributed by atoms with Crippen molar-refractivity contribution in [3.8, 4) is 0 Å². The van der Waals surface area contributed by atoms with Crippen molar-refractivity contribution in [3.05, 3.63) is 0 Å². The quantitative estimate of drug-likeness (QED) is 0.539. The standard InChI is InChI=1S/C9H17NO4/c1-4-5-7(10)9(12)14-13-8(11)6(2)3/h6-7H,4-5,10H2,1-3H3. The molecular formula is C9H17NO4. The summed E-state index contributed by atoms with van der Waals surface area (Å²) < 4.78 is 0. The lowest BCUT2D eigenvalue weighted by Crippen LogP contribution is -2.33. The summed E-state index contributed by atoms with van der Waals surface area (Å²) in [5.41, 5.74) is 5.42. The van der Waals surface area contributed by atoms with Gasteiger partial charge in [0.05, 0.1) is 5.92 Å². The van der Waals surface area contributed by atoms with Crippen molar-refractivity contribution in [2.75, 3.05) is 0 Å². The smallest absolute Gasteiger partial charge is 0.318 e. The van der Waals surface area contributed by atoms with Crippen LogP contribution < -0.4 is 5.73 Å². The molecule has 0 spiro atoms. The second kappa shape index (κ2) is 6.37. The highest BCUT2D eigenvalue weighted by Gasteiger charge is 2.18. The molecule has 0 aliphatic rings. The molecule has 0 amide bonds. The Morgan fingerprint density at radius 3 is 2.14 bits per heavy atom. The Kier molecular flexibility index (Phi) is 5.87. The van der Waals surface area contributed by atoms with Gasteiger partial charge in [-0.2, -0.15) is 0 Å². The number of carbonyl (C=O) groups excluding carboxylic acids is 2. The lowest BCUT2D eigenvalue weighted by Gasteiger charge is -2.09. The molecule has 0 aromatic carbocycles. The van der Waals surface area contributed by atoms with Gasteiger partial charge < -0.3 is 5.73 Å². The van der Waals surface area contributed by atoms with Crippen LogP contribution in [-0.4, -0.2) is 18.0 Å². The number of nitrogens with two attached hydrogens (primary N) is 1. The van der Waals surface area contributed by atoms with Crippen molar-refractivity contribution in [1.82, 2.24) is 0 Å². The fourth-order valence-electron chi connectivity index (χ4n) is 0.669. The molecule has 5 nitrogen and oxygen atoms in total. The molecule has 0 aliphatic heterocycles. The predicted molar refractivity (Wildman–Crippen MR) is 49.9 cm³/mol. The van der Waals surface area contributed by atoms with E-state index in [0.717, 1.165) is 6.42 Å². The molecule has 0 radical (unpaired) electrons. The molecule has 2 N–H and O–H groups in total. The fourth-order valence-corrected chi connectivity index (χ4v) is 0.669.